The topological polar surface area (TPSA) is 140 Å². The second-order valence-corrected chi connectivity index (χ2v) is 4.01. The molecule has 1 aliphatic heterocycles. The Morgan fingerprint density at radius 1 is 1.47 bits per heavy atom. The van der Waals surface area contributed by atoms with Crippen molar-refractivity contribution in [2.45, 2.75) is 18.9 Å². The van der Waals surface area contributed by atoms with Gasteiger partial charge < -0.3 is 11.1 Å². The van der Waals surface area contributed by atoms with Crippen molar-refractivity contribution >= 4 is 29.1 Å². The van der Waals surface area contributed by atoms with Crippen LogP contribution in [0.5, 0.6) is 0 Å². The summed E-state index contributed by atoms with van der Waals surface area (Å²) in [7, 11) is 0. The first kappa shape index (κ1) is 12.7. The maximum absolute atomic E-state index is 11.6. The highest BCUT2D eigenvalue weighted by atomic mass is 16.6. The van der Waals surface area contributed by atoms with Crippen molar-refractivity contribution in [2.75, 3.05) is 11.1 Å². The van der Waals surface area contributed by atoms with Crippen LogP contribution in [0.1, 0.15) is 12.8 Å². The summed E-state index contributed by atoms with van der Waals surface area (Å²) in [6.07, 6.45) is 0.415. The number of amides is 2. The maximum atomic E-state index is 11.6. The summed E-state index contributed by atoms with van der Waals surface area (Å²) in [4.78, 5) is 36.6. The van der Waals surface area contributed by atoms with Gasteiger partial charge in [0.25, 0.3) is 0 Å². The molecule has 1 unspecified atom stereocenters. The fraction of sp³-hybridized carbons (Fsp3) is 0.300. The summed E-state index contributed by atoms with van der Waals surface area (Å²) >= 11 is 0. The minimum atomic E-state index is -0.745. The van der Waals surface area contributed by atoms with Crippen molar-refractivity contribution in [3.63, 3.8) is 0 Å². The number of nitrogen functional groups attached to an aromatic ring is 1. The van der Waals surface area contributed by atoms with Gasteiger partial charge in [-0.25, -0.2) is 4.98 Å². The number of nitrogens with two attached hydrogens (primary N) is 1. The van der Waals surface area contributed by atoms with E-state index < -0.39 is 16.9 Å². The lowest BCUT2D eigenvalue weighted by molar-refractivity contribution is -0.384. The Balaban J connectivity index is 2.23. The Labute approximate surface area is 107 Å². The highest BCUT2D eigenvalue weighted by Gasteiger charge is 2.29. The molecule has 9 nitrogen and oxygen atoms in total. The molecule has 0 bridgehead atoms. The van der Waals surface area contributed by atoms with Gasteiger partial charge in [0, 0.05) is 12.5 Å². The van der Waals surface area contributed by atoms with Gasteiger partial charge in [-0.3, -0.25) is 25.0 Å². The van der Waals surface area contributed by atoms with Crippen molar-refractivity contribution < 1.29 is 14.5 Å². The Bertz CT molecular complexity index is 559. The van der Waals surface area contributed by atoms with Gasteiger partial charge in [0.1, 0.15) is 11.9 Å². The van der Waals surface area contributed by atoms with E-state index >= 15 is 0 Å². The summed E-state index contributed by atoms with van der Waals surface area (Å²) in [6.45, 7) is 0. The number of aromatic nitrogens is 1. The van der Waals surface area contributed by atoms with Crippen molar-refractivity contribution in [1.82, 2.24) is 10.3 Å². The zero-order valence-corrected chi connectivity index (χ0v) is 9.75. The first-order valence-corrected chi connectivity index (χ1v) is 5.48. The fourth-order valence-corrected chi connectivity index (χ4v) is 1.72. The first-order chi connectivity index (χ1) is 8.97. The molecule has 0 spiro atoms. The molecule has 2 amide bonds. The van der Waals surface area contributed by atoms with E-state index in [0.29, 0.717) is 0 Å². The van der Waals surface area contributed by atoms with Crippen molar-refractivity contribution in [3.05, 3.63) is 22.2 Å². The van der Waals surface area contributed by atoms with Crippen LogP contribution in [0.4, 0.5) is 17.3 Å². The number of hydrogen-bond donors (Lipinski definition) is 3. The lowest BCUT2D eigenvalue weighted by Gasteiger charge is -2.22. The largest absolute Gasteiger partial charge is 0.384 e. The van der Waals surface area contributed by atoms with E-state index in [1.807, 2.05) is 0 Å². The maximum Gasteiger partial charge on any atom is 0.311 e. The van der Waals surface area contributed by atoms with Gasteiger partial charge in [0.15, 0.2) is 0 Å². The molecule has 1 atom stereocenters. The molecule has 2 rings (SSSR count). The molecule has 9 heteroatoms. The normalized spacial score (nSPS) is 18.8. The molecule has 1 fully saturated rings. The van der Waals surface area contributed by atoms with Crippen LogP contribution in [0.3, 0.4) is 0 Å². The van der Waals surface area contributed by atoms with E-state index in [4.69, 9.17) is 5.73 Å². The number of pyridine rings is 1. The lowest BCUT2D eigenvalue weighted by atomic mass is 10.1. The third kappa shape index (κ3) is 2.76. The van der Waals surface area contributed by atoms with E-state index in [2.05, 4.69) is 15.6 Å². The molecule has 4 N–H and O–H groups in total. The Morgan fingerprint density at radius 2 is 2.21 bits per heavy atom. The summed E-state index contributed by atoms with van der Waals surface area (Å²) in [5.41, 5.74) is 5.18. The number of hydrogen-bond acceptors (Lipinski definition) is 7. The Kier molecular flexibility index (Phi) is 3.27. The average molecular weight is 265 g/mol. The van der Waals surface area contributed by atoms with Crippen molar-refractivity contribution in [2.24, 2.45) is 0 Å². The van der Waals surface area contributed by atoms with Gasteiger partial charge in [-0.2, -0.15) is 0 Å². The number of imide groups is 1. The molecule has 0 saturated carbocycles. The minimum Gasteiger partial charge on any atom is -0.384 e. The number of rotatable bonds is 3. The molecule has 0 radical (unpaired) electrons. The molecule has 100 valence electrons. The van der Waals surface area contributed by atoms with Crippen LogP contribution in [0.2, 0.25) is 0 Å². The van der Waals surface area contributed by atoms with Crippen LogP contribution in [0.25, 0.3) is 0 Å². The second-order valence-electron chi connectivity index (χ2n) is 4.01. The van der Waals surface area contributed by atoms with E-state index in [1.54, 1.807) is 0 Å². The van der Waals surface area contributed by atoms with Gasteiger partial charge in [0.05, 0.1) is 4.92 Å². The molecular weight excluding hydrogens is 254 g/mol. The molecule has 19 heavy (non-hydrogen) atoms. The van der Waals surface area contributed by atoms with Crippen molar-refractivity contribution in [1.29, 1.82) is 0 Å². The monoisotopic (exact) mass is 265 g/mol. The molecule has 2 heterocycles. The Hall–Kier alpha value is -2.71. The number of carbonyl (C=O) groups is 2. The summed E-state index contributed by atoms with van der Waals surface area (Å²) < 4.78 is 0. The molecular formula is C10H11N5O4. The van der Waals surface area contributed by atoms with E-state index in [0.717, 1.165) is 0 Å². The third-order valence-electron chi connectivity index (χ3n) is 2.64. The van der Waals surface area contributed by atoms with E-state index in [-0.39, 0.29) is 36.1 Å². The second kappa shape index (κ2) is 4.88. The number of anilines is 2. The van der Waals surface area contributed by atoms with Crippen LogP contribution in [-0.4, -0.2) is 27.8 Å². The van der Waals surface area contributed by atoms with Gasteiger partial charge in [-0.1, -0.05) is 0 Å². The summed E-state index contributed by atoms with van der Waals surface area (Å²) in [5.74, 6) is -0.882. The molecule has 1 saturated heterocycles. The number of carbonyl (C=O) groups excluding carboxylic acids is 2. The predicted octanol–water partition coefficient (Wildman–Crippen LogP) is -0.211. The predicted molar refractivity (Wildman–Crippen MR) is 65.1 cm³/mol. The SMILES string of the molecule is Nc1ccc([N+](=O)[O-])c(NC2CCC(=O)NC2=O)n1. The van der Waals surface area contributed by atoms with Crippen LogP contribution < -0.4 is 16.4 Å². The number of nitrogens with zero attached hydrogens (tertiary/aromatic N) is 2. The standard InChI is InChI=1S/C10H11N5O4/c11-7-3-2-6(15(18)19)9(13-7)12-5-1-4-8(16)14-10(5)17/h2-3,5H,1,4H2,(H3,11,12,13)(H,14,16,17). The van der Waals surface area contributed by atoms with Crippen LogP contribution in [0, 0.1) is 10.1 Å². The van der Waals surface area contributed by atoms with Gasteiger partial charge in [-0.15, -0.1) is 0 Å². The highest BCUT2D eigenvalue weighted by Crippen LogP contribution is 2.24. The van der Waals surface area contributed by atoms with Crippen LogP contribution in [-0.2, 0) is 9.59 Å². The van der Waals surface area contributed by atoms with Crippen LogP contribution >= 0.6 is 0 Å². The zero-order valence-electron chi connectivity index (χ0n) is 9.75. The lowest BCUT2D eigenvalue weighted by Crippen LogP contribution is -2.47. The summed E-state index contributed by atoms with van der Waals surface area (Å²) in [5, 5.41) is 15.6. The highest BCUT2D eigenvalue weighted by molar-refractivity contribution is 6.01. The minimum absolute atomic E-state index is 0.0838. The smallest absolute Gasteiger partial charge is 0.311 e. The van der Waals surface area contributed by atoms with Gasteiger partial charge >= 0.3 is 5.69 Å². The number of piperidine rings is 1. The molecule has 0 aromatic carbocycles. The molecule has 1 aliphatic rings. The van der Waals surface area contributed by atoms with Gasteiger partial charge in [0.2, 0.25) is 17.6 Å². The van der Waals surface area contributed by atoms with Crippen LogP contribution in [0.15, 0.2) is 12.1 Å². The van der Waals surface area contributed by atoms with Gasteiger partial charge in [-0.05, 0) is 12.5 Å². The van der Waals surface area contributed by atoms with E-state index in [9.17, 15) is 19.7 Å². The molecule has 1 aromatic heterocycles. The fourth-order valence-electron chi connectivity index (χ4n) is 1.72. The number of nitrogens with one attached hydrogen (secondary N) is 2. The third-order valence-corrected chi connectivity index (χ3v) is 2.64. The first-order valence-electron chi connectivity index (χ1n) is 5.48. The Morgan fingerprint density at radius 3 is 2.84 bits per heavy atom. The molecule has 0 aliphatic carbocycles. The quantitative estimate of drug-likeness (QED) is 0.390. The zero-order chi connectivity index (χ0) is 14.0. The van der Waals surface area contributed by atoms with Crippen molar-refractivity contribution in [3.8, 4) is 0 Å². The average Bonchev–Trinajstić information content (AvgIpc) is 2.32. The summed E-state index contributed by atoms with van der Waals surface area (Å²) in [6, 6.07) is 1.76. The molecule has 1 aromatic rings. The number of nitro groups is 1. The van der Waals surface area contributed by atoms with E-state index in [1.165, 1.54) is 12.1 Å².